The first kappa shape index (κ1) is 18.2. The number of amides is 1. The molecule has 0 spiro atoms. The van der Waals surface area contributed by atoms with Crippen LogP contribution in [0.4, 0.5) is 5.13 Å². The number of thiazole rings is 1. The van der Waals surface area contributed by atoms with Crippen molar-refractivity contribution in [1.82, 2.24) is 9.88 Å². The largest absolute Gasteiger partial charge is 0.497 e. The lowest BCUT2D eigenvalue weighted by molar-refractivity contribution is -0.115. The number of benzene rings is 1. The number of methoxy groups -OCH3 is 1. The van der Waals surface area contributed by atoms with Crippen molar-refractivity contribution < 1.29 is 9.53 Å². The van der Waals surface area contributed by atoms with E-state index in [4.69, 9.17) is 4.74 Å². The normalized spacial score (nSPS) is 14.0. The van der Waals surface area contributed by atoms with Crippen molar-refractivity contribution in [3.63, 3.8) is 0 Å². The zero-order chi connectivity index (χ0) is 18.6. The van der Waals surface area contributed by atoms with Crippen LogP contribution in [-0.4, -0.2) is 29.4 Å². The van der Waals surface area contributed by atoms with E-state index in [1.807, 2.05) is 29.0 Å². The molecular formula is C20H21N3O2S2. The van der Waals surface area contributed by atoms with E-state index in [0.29, 0.717) is 11.6 Å². The monoisotopic (exact) mass is 399 g/mol. The summed E-state index contributed by atoms with van der Waals surface area (Å²) in [5, 5.41) is 7.60. The van der Waals surface area contributed by atoms with Crippen LogP contribution in [-0.2, 0) is 30.7 Å². The van der Waals surface area contributed by atoms with E-state index in [-0.39, 0.29) is 5.91 Å². The second kappa shape index (κ2) is 8.21. The van der Waals surface area contributed by atoms with Crippen LogP contribution in [0.2, 0.25) is 0 Å². The molecular weight excluding hydrogens is 378 g/mol. The molecule has 1 N–H and O–H groups in total. The van der Waals surface area contributed by atoms with Crippen LogP contribution in [0.3, 0.4) is 0 Å². The highest BCUT2D eigenvalue weighted by Gasteiger charge is 2.18. The minimum Gasteiger partial charge on any atom is -0.497 e. The first-order valence-electron chi connectivity index (χ1n) is 8.84. The Labute approximate surface area is 166 Å². The minimum atomic E-state index is -0.0146. The summed E-state index contributed by atoms with van der Waals surface area (Å²) < 4.78 is 5.31. The molecule has 1 aliphatic rings. The molecule has 0 saturated heterocycles. The zero-order valence-corrected chi connectivity index (χ0v) is 16.7. The van der Waals surface area contributed by atoms with Gasteiger partial charge in [0, 0.05) is 29.9 Å². The van der Waals surface area contributed by atoms with Gasteiger partial charge in [0.1, 0.15) is 5.75 Å². The number of carbonyl (C=O) groups excluding carboxylic acids is 1. The Balaban J connectivity index is 1.33. The summed E-state index contributed by atoms with van der Waals surface area (Å²) in [6.45, 7) is 2.71. The quantitative estimate of drug-likeness (QED) is 0.682. The molecule has 140 valence electrons. The van der Waals surface area contributed by atoms with E-state index in [9.17, 15) is 4.79 Å². The Morgan fingerprint density at radius 3 is 3.04 bits per heavy atom. The van der Waals surface area contributed by atoms with Crippen LogP contribution in [0.15, 0.2) is 41.1 Å². The van der Waals surface area contributed by atoms with Crippen molar-refractivity contribution in [1.29, 1.82) is 0 Å². The smallest absolute Gasteiger partial charge is 0.231 e. The molecule has 0 atom stereocenters. The van der Waals surface area contributed by atoms with E-state index in [1.54, 1.807) is 18.4 Å². The van der Waals surface area contributed by atoms with Gasteiger partial charge in [0.25, 0.3) is 0 Å². The summed E-state index contributed by atoms with van der Waals surface area (Å²) in [6, 6.07) is 10.2. The van der Waals surface area contributed by atoms with Crippen LogP contribution in [0.5, 0.6) is 5.75 Å². The summed E-state index contributed by atoms with van der Waals surface area (Å²) in [5.41, 5.74) is 3.72. The van der Waals surface area contributed by atoms with Crippen LogP contribution in [0, 0.1) is 0 Å². The average molecular weight is 400 g/mol. The molecule has 0 aliphatic carbocycles. The molecule has 0 fully saturated rings. The summed E-state index contributed by atoms with van der Waals surface area (Å²) in [7, 11) is 1.70. The Hall–Kier alpha value is -2.22. The minimum absolute atomic E-state index is 0.0146. The van der Waals surface area contributed by atoms with Gasteiger partial charge in [-0.1, -0.05) is 12.1 Å². The summed E-state index contributed by atoms with van der Waals surface area (Å²) in [5.74, 6) is 0.906. The molecule has 1 aromatic carbocycles. The number of carbonyl (C=O) groups is 1. The summed E-state index contributed by atoms with van der Waals surface area (Å²) >= 11 is 3.08. The van der Waals surface area contributed by atoms with Gasteiger partial charge in [-0.15, -0.1) is 22.7 Å². The third kappa shape index (κ3) is 4.55. The van der Waals surface area contributed by atoms with Crippen LogP contribution in [0.1, 0.15) is 21.7 Å². The fourth-order valence-corrected chi connectivity index (χ4v) is 4.67. The molecule has 2 aromatic heterocycles. The highest BCUT2D eigenvalue weighted by Crippen LogP contribution is 2.25. The van der Waals surface area contributed by atoms with Crippen LogP contribution >= 0.6 is 22.7 Å². The molecule has 0 unspecified atom stereocenters. The molecule has 1 aliphatic heterocycles. The number of nitrogens with zero attached hydrogens (tertiary/aromatic N) is 2. The standard InChI is InChI=1S/C20H21N3O2S2/c1-25-17-5-4-15-11-23(7-6-14(15)9-17)12-16-13-27-20(21-16)22-19(24)10-18-3-2-8-26-18/h2-5,8-9,13H,6-7,10-12H2,1H3,(H,21,22,24). The maximum absolute atomic E-state index is 12.1. The van der Waals surface area contributed by atoms with Crippen LogP contribution in [0.25, 0.3) is 0 Å². The highest BCUT2D eigenvalue weighted by molar-refractivity contribution is 7.14. The predicted molar refractivity (Wildman–Crippen MR) is 110 cm³/mol. The number of anilines is 1. The van der Waals surface area contributed by atoms with Gasteiger partial charge in [-0.25, -0.2) is 4.98 Å². The maximum Gasteiger partial charge on any atom is 0.231 e. The first-order chi connectivity index (χ1) is 13.2. The van der Waals surface area contributed by atoms with Gasteiger partial charge in [0.2, 0.25) is 5.91 Å². The topological polar surface area (TPSA) is 54.5 Å². The van der Waals surface area contributed by atoms with Gasteiger partial charge < -0.3 is 10.1 Å². The first-order valence-corrected chi connectivity index (χ1v) is 10.6. The van der Waals surface area contributed by atoms with Crippen molar-refractivity contribution in [3.05, 3.63) is 62.8 Å². The van der Waals surface area contributed by atoms with E-state index >= 15 is 0 Å². The molecule has 7 heteroatoms. The number of fused-ring (bicyclic) bond motifs is 1. The van der Waals surface area contributed by atoms with E-state index in [1.165, 1.54) is 22.5 Å². The lowest BCUT2D eigenvalue weighted by Crippen LogP contribution is -2.30. The maximum atomic E-state index is 12.1. The SMILES string of the molecule is COc1ccc2c(c1)CCN(Cc1csc(NC(=O)Cc3cccs3)n1)C2. The Bertz CT molecular complexity index is 921. The Morgan fingerprint density at radius 1 is 1.30 bits per heavy atom. The molecule has 3 heterocycles. The van der Waals surface area contributed by atoms with Crippen molar-refractivity contribution in [2.45, 2.75) is 25.9 Å². The van der Waals surface area contributed by atoms with E-state index in [2.05, 4.69) is 27.3 Å². The fourth-order valence-electron chi connectivity index (χ4n) is 3.25. The third-order valence-electron chi connectivity index (χ3n) is 4.60. The number of nitrogens with one attached hydrogen (secondary N) is 1. The van der Waals surface area contributed by atoms with Gasteiger partial charge >= 0.3 is 0 Å². The number of thiophene rings is 1. The zero-order valence-electron chi connectivity index (χ0n) is 15.1. The second-order valence-corrected chi connectivity index (χ2v) is 8.43. The number of rotatable bonds is 6. The number of aromatic nitrogens is 1. The van der Waals surface area contributed by atoms with E-state index < -0.39 is 0 Å². The third-order valence-corrected chi connectivity index (χ3v) is 6.29. The number of hydrogen-bond acceptors (Lipinski definition) is 6. The molecule has 5 nitrogen and oxygen atoms in total. The summed E-state index contributed by atoms with van der Waals surface area (Å²) in [4.78, 5) is 20.1. The lowest BCUT2D eigenvalue weighted by Gasteiger charge is -2.28. The molecule has 27 heavy (non-hydrogen) atoms. The van der Waals surface area contributed by atoms with Crippen LogP contribution < -0.4 is 10.1 Å². The van der Waals surface area contributed by atoms with Crippen molar-refractivity contribution in [3.8, 4) is 5.75 Å². The van der Waals surface area contributed by atoms with Gasteiger partial charge in [-0.3, -0.25) is 9.69 Å². The Morgan fingerprint density at radius 2 is 2.22 bits per heavy atom. The van der Waals surface area contributed by atoms with Crippen molar-refractivity contribution in [2.24, 2.45) is 0 Å². The Kier molecular flexibility index (Phi) is 5.52. The molecule has 0 saturated carbocycles. The van der Waals surface area contributed by atoms with Gasteiger partial charge in [0.15, 0.2) is 5.13 Å². The van der Waals surface area contributed by atoms with E-state index in [0.717, 1.165) is 42.4 Å². The average Bonchev–Trinajstić information content (AvgIpc) is 3.33. The van der Waals surface area contributed by atoms with Crippen molar-refractivity contribution in [2.75, 3.05) is 19.0 Å². The lowest BCUT2D eigenvalue weighted by atomic mass is 9.99. The van der Waals surface area contributed by atoms with Crippen molar-refractivity contribution >= 4 is 33.7 Å². The molecule has 0 bridgehead atoms. The highest BCUT2D eigenvalue weighted by atomic mass is 32.1. The second-order valence-electron chi connectivity index (χ2n) is 6.54. The summed E-state index contributed by atoms with van der Waals surface area (Å²) in [6.07, 6.45) is 1.42. The van der Waals surface area contributed by atoms with Gasteiger partial charge in [-0.05, 0) is 41.1 Å². The van der Waals surface area contributed by atoms with Gasteiger partial charge in [-0.2, -0.15) is 0 Å². The number of hydrogen-bond donors (Lipinski definition) is 1. The fraction of sp³-hybridized carbons (Fsp3) is 0.300. The molecule has 0 radical (unpaired) electrons. The molecule has 1 amide bonds. The number of ether oxygens (including phenoxy) is 1. The predicted octanol–water partition coefficient (Wildman–Crippen LogP) is 3.95. The molecule has 3 aromatic rings. The van der Waals surface area contributed by atoms with Gasteiger partial charge in [0.05, 0.1) is 19.2 Å². The molecule has 4 rings (SSSR count).